The van der Waals surface area contributed by atoms with Gasteiger partial charge in [-0.15, -0.1) is 0 Å². The van der Waals surface area contributed by atoms with Gasteiger partial charge in [-0.05, 0) is 30.7 Å². The number of nitrogens with zero attached hydrogens (tertiary/aromatic N) is 1. The summed E-state index contributed by atoms with van der Waals surface area (Å²) >= 11 is 0. The Morgan fingerprint density at radius 3 is 2.55 bits per heavy atom. The Hall–Kier alpha value is -1.66. The van der Waals surface area contributed by atoms with E-state index >= 15 is 0 Å². The summed E-state index contributed by atoms with van der Waals surface area (Å²) in [6, 6.07) is 5.74. The molecule has 2 atom stereocenters. The Kier molecular flexibility index (Phi) is 4.59. The number of amides is 1. The van der Waals surface area contributed by atoms with Crippen LogP contribution in [0.25, 0.3) is 0 Å². The molecule has 2 aliphatic rings. The molecule has 22 heavy (non-hydrogen) atoms. The van der Waals surface area contributed by atoms with Gasteiger partial charge in [0, 0.05) is 32.5 Å². The van der Waals surface area contributed by atoms with Crippen molar-refractivity contribution < 1.29 is 19.0 Å². The summed E-state index contributed by atoms with van der Waals surface area (Å²) in [5.74, 6) is 0.447. The number of rotatable bonds is 3. The molecule has 1 aromatic rings. The summed E-state index contributed by atoms with van der Waals surface area (Å²) in [6.45, 7) is 1.79. The third-order valence-electron chi connectivity index (χ3n) is 4.28. The first-order valence-corrected chi connectivity index (χ1v) is 7.74. The lowest BCUT2D eigenvalue weighted by molar-refractivity contribution is -0.135. The van der Waals surface area contributed by atoms with Crippen molar-refractivity contribution in [2.24, 2.45) is 0 Å². The van der Waals surface area contributed by atoms with Gasteiger partial charge in [0.25, 0.3) is 0 Å². The molecule has 6 heteroatoms. The van der Waals surface area contributed by atoms with Crippen LogP contribution in [0.2, 0.25) is 0 Å². The lowest BCUT2D eigenvalue weighted by Gasteiger charge is -2.33. The van der Waals surface area contributed by atoms with Gasteiger partial charge in [0.1, 0.15) is 17.7 Å². The number of halogens is 1. The van der Waals surface area contributed by atoms with E-state index in [0.29, 0.717) is 31.8 Å². The van der Waals surface area contributed by atoms with Crippen LogP contribution in [0.5, 0.6) is 5.75 Å². The molecule has 0 saturated carbocycles. The van der Waals surface area contributed by atoms with Crippen LogP contribution < -0.4 is 10.1 Å². The number of likely N-dealkylation sites (tertiary alicyclic amines) is 1. The Bertz CT molecular complexity index is 515. The highest BCUT2D eigenvalue weighted by atomic mass is 19.1. The minimum Gasteiger partial charge on any atom is -0.490 e. The molecule has 0 spiro atoms. The molecule has 120 valence electrons. The smallest absolute Gasteiger partial charge is 0.239 e. The number of piperidine rings is 1. The third-order valence-corrected chi connectivity index (χ3v) is 4.28. The van der Waals surface area contributed by atoms with Gasteiger partial charge in [-0.2, -0.15) is 0 Å². The number of hydrogen-bond acceptors (Lipinski definition) is 4. The molecule has 0 radical (unpaired) electrons. The van der Waals surface area contributed by atoms with Crippen LogP contribution in [-0.4, -0.2) is 53.8 Å². The van der Waals surface area contributed by atoms with Crippen molar-refractivity contribution in [2.45, 2.75) is 37.5 Å². The molecule has 1 aromatic carbocycles. The van der Waals surface area contributed by atoms with Crippen molar-refractivity contribution >= 4 is 5.91 Å². The van der Waals surface area contributed by atoms with Gasteiger partial charge in [0.15, 0.2) is 0 Å². The monoisotopic (exact) mass is 308 g/mol. The lowest BCUT2D eigenvalue weighted by atomic mass is 10.1. The molecular formula is C16H21FN2O3. The second-order valence-electron chi connectivity index (χ2n) is 5.95. The predicted octanol–water partition coefficient (Wildman–Crippen LogP) is 0.918. The van der Waals surface area contributed by atoms with E-state index in [0.717, 1.165) is 12.8 Å². The minimum atomic E-state index is -0.423. The number of ether oxygens (including phenoxy) is 1. The molecule has 0 aromatic heterocycles. The van der Waals surface area contributed by atoms with Gasteiger partial charge in [-0.1, -0.05) is 0 Å². The molecule has 2 fully saturated rings. The van der Waals surface area contributed by atoms with E-state index in [2.05, 4.69) is 5.32 Å². The quantitative estimate of drug-likeness (QED) is 0.872. The molecule has 2 N–H and O–H groups in total. The molecule has 2 saturated heterocycles. The van der Waals surface area contributed by atoms with Crippen LogP contribution in [0.1, 0.15) is 19.3 Å². The highest BCUT2D eigenvalue weighted by molar-refractivity contribution is 5.82. The number of carbonyl (C=O) groups is 1. The first kappa shape index (κ1) is 15.2. The summed E-state index contributed by atoms with van der Waals surface area (Å²) in [5.41, 5.74) is 0. The number of aliphatic hydroxyl groups is 1. The standard InChI is InChI=1S/C16H21FN2O3/c17-11-1-3-13(4-2-11)22-14-5-7-19(8-6-14)16(21)15-9-12(20)10-18-15/h1-4,12,14-15,18,20H,5-10H2/t12-,15+/m1/s1. The maximum Gasteiger partial charge on any atom is 0.239 e. The number of hydrogen-bond donors (Lipinski definition) is 2. The van der Waals surface area contributed by atoms with Crippen molar-refractivity contribution in [2.75, 3.05) is 19.6 Å². The first-order valence-electron chi connectivity index (χ1n) is 7.74. The van der Waals surface area contributed by atoms with Gasteiger partial charge >= 0.3 is 0 Å². The summed E-state index contributed by atoms with van der Waals surface area (Å²) in [5, 5.41) is 12.5. The Morgan fingerprint density at radius 1 is 1.27 bits per heavy atom. The van der Waals surface area contributed by atoms with Gasteiger partial charge in [0.05, 0.1) is 12.1 Å². The molecular weight excluding hydrogens is 287 g/mol. The maximum absolute atomic E-state index is 12.9. The average molecular weight is 308 g/mol. The average Bonchev–Trinajstić information content (AvgIpc) is 2.96. The lowest BCUT2D eigenvalue weighted by Crippen LogP contribution is -2.48. The second-order valence-corrected chi connectivity index (χ2v) is 5.95. The molecule has 2 aliphatic heterocycles. The predicted molar refractivity (Wildman–Crippen MR) is 79.0 cm³/mol. The van der Waals surface area contributed by atoms with E-state index in [1.54, 1.807) is 12.1 Å². The molecule has 0 bridgehead atoms. The van der Waals surface area contributed by atoms with Crippen molar-refractivity contribution in [3.63, 3.8) is 0 Å². The molecule has 3 rings (SSSR count). The van der Waals surface area contributed by atoms with Crippen molar-refractivity contribution in [3.05, 3.63) is 30.1 Å². The fourth-order valence-electron chi connectivity index (χ4n) is 3.03. The van der Waals surface area contributed by atoms with Crippen LogP contribution in [-0.2, 0) is 4.79 Å². The highest BCUT2D eigenvalue weighted by Crippen LogP contribution is 2.20. The number of nitrogens with one attached hydrogen (secondary N) is 1. The molecule has 5 nitrogen and oxygen atoms in total. The van der Waals surface area contributed by atoms with Crippen molar-refractivity contribution in [1.82, 2.24) is 10.2 Å². The number of carbonyl (C=O) groups excluding carboxylic acids is 1. The normalized spacial score (nSPS) is 26.2. The molecule has 0 aliphatic carbocycles. The van der Waals surface area contributed by atoms with Crippen molar-refractivity contribution in [3.8, 4) is 5.75 Å². The van der Waals surface area contributed by atoms with Crippen LogP contribution in [0.4, 0.5) is 4.39 Å². The zero-order valence-electron chi connectivity index (χ0n) is 12.4. The first-order chi connectivity index (χ1) is 10.6. The van der Waals surface area contributed by atoms with Crippen LogP contribution in [0.15, 0.2) is 24.3 Å². The van der Waals surface area contributed by atoms with E-state index in [4.69, 9.17) is 4.74 Å². The molecule has 2 heterocycles. The Balaban J connectivity index is 1.48. The van der Waals surface area contributed by atoms with Crippen LogP contribution in [0, 0.1) is 5.82 Å². The van der Waals surface area contributed by atoms with Crippen LogP contribution >= 0.6 is 0 Å². The zero-order chi connectivity index (χ0) is 15.5. The zero-order valence-corrected chi connectivity index (χ0v) is 12.4. The van der Waals surface area contributed by atoms with Gasteiger partial charge < -0.3 is 20.1 Å². The summed E-state index contributed by atoms with van der Waals surface area (Å²) in [7, 11) is 0. The topological polar surface area (TPSA) is 61.8 Å². The molecule has 0 unspecified atom stereocenters. The molecule has 1 amide bonds. The van der Waals surface area contributed by atoms with E-state index in [-0.39, 0.29) is 23.9 Å². The maximum atomic E-state index is 12.9. The van der Waals surface area contributed by atoms with Crippen LogP contribution in [0.3, 0.4) is 0 Å². The number of β-amino-alcohol motifs (C(OH)–C–C–N with tert-alkyl or cyclic N) is 1. The third kappa shape index (κ3) is 3.56. The summed E-state index contributed by atoms with van der Waals surface area (Å²) < 4.78 is 18.7. The largest absolute Gasteiger partial charge is 0.490 e. The van der Waals surface area contributed by atoms with Gasteiger partial charge in [-0.3, -0.25) is 4.79 Å². The van der Waals surface area contributed by atoms with Gasteiger partial charge in [0.2, 0.25) is 5.91 Å². The van der Waals surface area contributed by atoms with Crippen molar-refractivity contribution in [1.29, 1.82) is 0 Å². The van der Waals surface area contributed by atoms with E-state index in [1.165, 1.54) is 12.1 Å². The SMILES string of the molecule is O=C([C@@H]1C[C@@H](O)CN1)N1CCC(Oc2ccc(F)cc2)CC1. The summed E-state index contributed by atoms with van der Waals surface area (Å²) in [6.07, 6.45) is 1.65. The van der Waals surface area contributed by atoms with Gasteiger partial charge in [-0.25, -0.2) is 4.39 Å². The minimum absolute atomic E-state index is 0.0524. The Labute approximate surface area is 129 Å². The number of benzene rings is 1. The van der Waals surface area contributed by atoms with E-state index in [9.17, 15) is 14.3 Å². The van der Waals surface area contributed by atoms with E-state index < -0.39 is 6.10 Å². The Morgan fingerprint density at radius 2 is 1.95 bits per heavy atom. The fourth-order valence-corrected chi connectivity index (χ4v) is 3.03. The van der Waals surface area contributed by atoms with E-state index in [1.807, 2.05) is 4.90 Å². The fraction of sp³-hybridized carbons (Fsp3) is 0.562. The second kappa shape index (κ2) is 6.62. The number of aliphatic hydroxyl groups excluding tert-OH is 1. The summed E-state index contributed by atoms with van der Waals surface area (Å²) in [4.78, 5) is 14.2. The highest BCUT2D eigenvalue weighted by Gasteiger charge is 2.33.